The Hall–Kier alpha value is -1.36. The molecule has 68 valence electrons. The van der Waals surface area contributed by atoms with Gasteiger partial charge in [0, 0.05) is 6.42 Å². The minimum Gasteiger partial charge on any atom is -0.317 e. The molecule has 0 saturated carbocycles. The number of benzene rings is 1. The molecule has 0 aliphatic heterocycles. The van der Waals surface area contributed by atoms with Gasteiger partial charge in [-0.2, -0.15) is 0 Å². The van der Waals surface area contributed by atoms with Crippen molar-refractivity contribution in [1.29, 1.82) is 0 Å². The van der Waals surface area contributed by atoms with Crippen molar-refractivity contribution in [3.05, 3.63) is 47.1 Å². The van der Waals surface area contributed by atoms with Crippen molar-refractivity contribution in [2.24, 2.45) is 0 Å². The van der Waals surface area contributed by atoms with E-state index in [1.807, 2.05) is 0 Å². The second-order valence-corrected chi connectivity index (χ2v) is 3.12. The summed E-state index contributed by atoms with van der Waals surface area (Å²) in [5.74, 6) is 0.135. The maximum absolute atomic E-state index is 12.6. The molecular formula is C11H12FN. The molecule has 0 spiro atoms. The van der Waals surface area contributed by atoms with Crippen LogP contribution in [-0.4, -0.2) is 6.54 Å². The molecular weight excluding hydrogens is 165 g/mol. The largest absolute Gasteiger partial charge is 0.317 e. The Kier molecular flexibility index (Phi) is 3.45. The van der Waals surface area contributed by atoms with E-state index in [-0.39, 0.29) is 5.82 Å². The van der Waals surface area contributed by atoms with E-state index < -0.39 is 0 Å². The quantitative estimate of drug-likeness (QED) is 0.624. The van der Waals surface area contributed by atoms with Crippen LogP contribution >= 0.6 is 0 Å². The molecule has 0 radical (unpaired) electrons. The summed E-state index contributed by atoms with van der Waals surface area (Å²) in [7, 11) is 0. The van der Waals surface area contributed by atoms with Gasteiger partial charge in [-0.25, -0.2) is 11.0 Å². The fourth-order valence-corrected chi connectivity index (χ4v) is 1.22. The Morgan fingerprint density at radius 3 is 2.54 bits per heavy atom. The topological polar surface area (TPSA) is 4.36 Å². The second kappa shape index (κ2) is 4.61. The van der Waals surface area contributed by atoms with Gasteiger partial charge in [0.25, 0.3) is 0 Å². The van der Waals surface area contributed by atoms with Crippen molar-refractivity contribution in [2.45, 2.75) is 19.3 Å². The van der Waals surface area contributed by atoms with Crippen LogP contribution in [0.1, 0.15) is 24.8 Å². The minimum absolute atomic E-state index is 0.207. The first-order valence-corrected chi connectivity index (χ1v) is 4.32. The van der Waals surface area contributed by atoms with Crippen LogP contribution < -0.4 is 0 Å². The molecule has 0 amide bonds. The van der Waals surface area contributed by atoms with E-state index in [4.69, 9.17) is 6.57 Å². The molecule has 0 bridgehead atoms. The zero-order valence-corrected chi connectivity index (χ0v) is 7.63. The van der Waals surface area contributed by atoms with Gasteiger partial charge in [-0.1, -0.05) is 19.1 Å². The summed E-state index contributed by atoms with van der Waals surface area (Å²) < 4.78 is 12.6. The monoisotopic (exact) mass is 177 g/mol. The maximum atomic E-state index is 12.6. The maximum Gasteiger partial charge on any atom is 0.215 e. The van der Waals surface area contributed by atoms with Crippen LogP contribution in [0.15, 0.2) is 24.3 Å². The van der Waals surface area contributed by atoms with Crippen molar-refractivity contribution < 1.29 is 4.39 Å². The van der Waals surface area contributed by atoms with Gasteiger partial charge in [0.1, 0.15) is 5.82 Å². The average molecular weight is 177 g/mol. The van der Waals surface area contributed by atoms with Crippen LogP contribution in [0.4, 0.5) is 4.39 Å². The summed E-state index contributed by atoms with van der Waals surface area (Å²) >= 11 is 0. The molecule has 13 heavy (non-hydrogen) atoms. The zero-order chi connectivity index (χ0) is 9.68. The van der Waals surface area contributed by atoms with E-state index in [0.29, 0.717) is 12.5 Å². The smallest absolute Gasteiger partial charge is 0.215 e. The van der Waals surface area contributed by atoms with Gasteiger partial charge >= 0.3 is 0 Å². The molecule has 0 N–H and O–H groups in total. The van der Waals surface area contributed by atoms with E-state index in [1.54, 1.807) is 12.1 Å². The third kappa shape index (κ3) is 2.87. The first-order chi connectivity index (χ1) is 6.24. The predicted octanol–water partition coefficient (Wildman–Crippen LogP) is 3.24. The van der Waals surface area contributed by atoms with Gasteiger partial charge in [0.2, 0.25) is 6.54 Å². The van der Waals surface area contributed by atoms with Crippen LogP contribution in [0.2, 0.25) is 0 Å². The first kappa shape index (κ1) is 9.73. The summed E-state index contributed by atoms with van der Waals surface area (Å²) in [4.78, 5) is 3.29. The number of hydrogen-bond acceptors (Lipinski definition) is 0. The predicted molar refractivity (Wildman–Crippen MR) is 50.9 cm³/mol. The van der Waals surface area contributed by atoms with E-state index in [0.717, 1.165) is 12.0 Å². The number of nitrogens with zero attached hydrogens (tertiary/aromatic N) is 1. The lowest BCUT2D eigenvalue weighted by molar-refractivity contribution is 0.624. The molecule has 0 heterocycles. The summed E-state index contributed by atoms with van der Waals surface area (Å²) in [6, 6.07) is 6.49. The molecule has 1 aromatic carbocycles. The van der Waals surface area contributed by atoms with Crippen LogP contribution in [0.5, 0.6) is 0 Å². The third-order valence-electron chi connectivity index (χ3n) is 2.11. The zero-order valence-electron chi connectivity index (χ0n) is 7.63. The van der Waals surface area contributed by atoms with Gasteiger partial charge in [0.05, 0.1) is 0 Å². The number of halogens is 1. The van der Waals surface area contributed by atoms with Crippen LogP contribution in [0, 0.1) is 12.4 Å². The highest BCUT2D eigenvalue weighted by Gasteiger charge is 2.06. The molecule has 1 nitrogen and oxygen atoms in total. The molecule has 1 rings (SSSR count). The fourth-order valence-electron chi connectivity index (χ4n) is 1.22. The average Bonchev–Trinajstić information content (AvgIpc) is 2.15. The van der Waals surface area contributed by atoms with Gasteiger partial charge in [-0.05, 0) is 23.6 Å². The van der Waals surface area contributed by atoms with Crippen molar-refractivity contribution in [3.63, 3.8) is 0 Å². The lowest BCUT2D eigenvalue weighted by atomic mass is 9.98. The minimum atomic E-state index is -0.207. The summed E-state index contributed by atoms with van der Waals surface area (Å²) in [6.07, 6.45) is 0.842. The van der Waals surface area contributed by atoms with Crippen molar-refractivity contribution >= 4 is 0 Å². The molecule has 1 unspecified atom stereocenters. The van der Waals surface area contributed by atoms with Crippen molar-refractivity contribution in [1.82, 2.24) is 0 Å². The molecule has 0 saturated heterocycles. The van der Waals surface area contributed by atoms with Crippen LogP contribution in [0.25, 0.3) is 4.85 Å². The Morgan fingerprint density at radius 2 is 2.00 bits per heavy atom. The van der Waals surface area contributed by atoms with Gasteiger partial charge in [-0.3, -0.25) is 0 Å². The number of hydrogen-bond donors (Lipinski definition) is 0. The van der Waals surface area contributed by atoms with Gasteiger partial charge in [-0.15, -0.1) is 0 Å². The van der Waals surface area contributed by atoms with Gasteiger partial charge < -0.3 is 4.85 Å². The molecule has 0 aliphatic carbocycles. The Balaban J connectivity index is 2.62. The van der Waals surface area contributed by atoms with Crippen LogP contribution in [0.3, 0.4) is 0 Å². The molecule has 0 aliphatic rings. The summed E-state index contributed by atoms with van der Waals surface area (Å²) in [5.41, 5.74) is 1.10. The molecule has 1 atom stereocenters. The lowest BCUT2D eigenvalue weighted by Crippen LogP contribution is -1.94. The normalized spacial score (nSPS) is 12.1. The van der Waals surface area contributed by atoms with E-state index in [9.17, 15) is 4.39 Å². The second-order valence-electron chi connectivity index (χ2n) is 3.12. The van der Waals surface area contributed by atoms with Crippen molar-refractivity contribution in [2.75, 3.05) is 6.54 Å². The Morgan fingerprint density at radius 1 is 1.38 bits per heavy atom. The van der Waals surface area contributed by atoms with Crippen molar-refractivity contribution in [3.8, 4) is 0 Å². The highest BCUT2D eigenvalue weighted by molar-refractivity contribution is 5.19. The number of rotatable bonds is 3. The summed E-state index contributed by atoms with van der Waals surface area (Å²) in [5, 5.41) is 0. The third-order valence-corrected chi connectivity index (χ3v) is 2.11. The summed E-state index contributed by atoms with van der Waals surface area (Å²) in [6.45, 7) is 9.25. The Bertz CT molecular complexity index is 297. The fraction of sp³-hybridized carbons (Fsp3) is 0.364. The van der Waals surface area contributed by atoms with Gasteiger partial charge in [0.15, 0.2) is 0 Å². The highest BCUT2D eigenvalue weighted by atomic mass is 19.1. The SMILES string of the molecule is [C-]#[N+]CCC(C)c1ccc(F)cc1. The Labute approximate surface area is 78.0 Å². The van der Waals surface area contributed by atoms with Crippen LogP contribution in [-0.2, 0) is 0 Å². The van der Waals surface area contributed by atoms with E-state index in [1.165, 1.54) is 12.1 Å². The van der Waals surface area contributed by atoms with E-state index in [2.05, 4.69) is 11.8 Å². The molecule has 0 aromatic heterocycles. The molecule has 0 fully saturated rings. The lowest BCUT2D eigenvalue weighted by Gasteiger charge is -2.07. The highest BCUT2D eigenvalue weighted by Crippen LogP contribution is 2.18. The van der Waals surface area contributed by atoms with E-state index >= 15 is 0 Å². The molecule has 2 heteroatoms. The first-order valence-electron chi connectivity index (χ1n) is 4.32. The standard InChI is InChI=1S/C11H12FN/c1-9(7-8-13-2)10-3-5-11(12)6-4-10/h3-6,9H,7-8H2,1H3. The molecule has 1 aromatic rings.